The molecule has 1 aromatic heterocycles. The topological polar surface area (TPSA) is 61.6 Å². The molecule has 1 saturated heterocycles. The number of nitrogens with zero attached hydrogens (tertiary/aromatic N) is 4. The maximum atomic E-state index is 12.5. The monoisotopic (exact) mass is 348 g/mol. The maximum absolute atomic E-state index is 12.5. The summed E-state index contributed by atoms with van der Waals surface area (Å²) in [5.41, 5.74) is -0.756. The second-order valence-corrected chi connectivity index (χ2v) is 8.49. The molecule has 2 fully saturated rings. The highest BCUT2D eigenvalue weighted by molar-refractivity contribution is 5.75. The summed E-state index contributed by atoms with van der Waals surface area (Å²) in [6, 6.07) is 0.670. The SMILES string of the molecule is CN(C[C@H]1C[C@]2(C)[C@@H](CCCC[C@]2(C)O)N1C)C(=O)Cn1ccnc1. The van der Waals surface area contributed by atoms with Crippen molar-refractivity contribution in [3.8, 4) is 0 Å². The van der Waals surface area contributed by atoms with Crippen LogP contribution in [0.2, 0.25) is 0 Å². The molecular weight excluding hydrogens is 316 g/mol. The summed E-state index contributed by atoms with van der Waals surface area (Å²) in [7, 11) is 4.04. The first-order chi connectivity index (χ1) is 11.7. The van der Waals surface area contributed by atoms with E-state index in [-0.39, 0.29) is 17.4 Å². The first-order valence-corrected chi connectivity index (χ1v) is 9.38. The predicted octanol–water partition coefficient (Wildman–Crippen LogP) is 1.75. The van der Waals surface area contributed by atoms with E-state index in [1.54, 1.807) is 17.1 Å². The van der Waals surface area contributed by atoms with Gasteiger partial charge in [0.2, 0.25) is 5.91 Å². The highest BCUT2D eigenvalue weighted by atomic mass is 16.3. The van der Waals surface area contributed by atoms with Crippen LogP contribution in [-0.4, -0.2) is 68.7 Å². The molecule has 3 rings (SSSR count). The first kappa shape index (κ1) is 18.4. The number of likely N-dealkylation sites (N-methyl/N-ethyl adjacent to an activating group) is 2. The van der Waals surface area contributed by atoms with Crippen LogP contribution in [0.5, 0.6) is 0 Å². The lowest BCUT2D eigenvalue weighted by Crippen LogP contribution is -2.50. The summed E-state index contributed by atoms with van der Waals surface area (Å²) >= 11 is 0. The second-order valence-electron chi connectivity index (χ2n) is 8.49. The molecule has 0 spiro atoms. The molecule has 1 amide bonds. The Balaban J connectivity index is 1.68. The average Bonchev–Trinajstić information content (AvgIpc) is 3.10. The van der Waals surface area contributed by atoms with Crippen LogP contribution >= 0.6 is 0 Å². The molecule has 6 nitrogen and oxygen atoms in total. The van der Waals surface area contributed by atoms with Gasteiger partial charge in [0.05, 0.1) is 11.9 Å². The van der Waals surface area contributed by atoms with Crippen LogP contribution in [0.1, 0.15) is 46.0 Å². The summed E-state index contributed by atoms with van der Waals surface area (Å²) in [5.74, 6) is 0.0930. The number of carbonyl (C=O) groups is 1. The molecule has 4 atom stereocenters. The van der Waals surface area contributed by atoms with Crippen LogP contribution in [0.3, 0.4) is 0 Å². The van der Waals surface area contributed by atoms with Crippen molar-refractivity contribution in [3.63, 3.8) is 0 Å². The summed E-state index contributed by atoms with van der Waals surface area (Å²) < 4.78 is 1.80. The molecule has 0 radical (unpaired) electrons. The number of aliphatic hydroxyl groups is 1. The van der Waals surface area contributed by atoms with Gasteiger partial charge in [-0.2, -0.15) is 0 Å². The molecule has 2 aliphatic rings. The van der Waals surface area contributed by atoms with E-state index in [1.165, 1.54) is 6.42 Å². The van der Waals surface area contributed by atoms with Gasteiger partial charge in [0, 0.05) is 43.5 Å². The van der Waals surface area contributed by atoms with Gasteiger partial charge in [-0.05, 0) is 33.2 Å². The fourth-order valence-electron chi connectivity index (χ4n) is 4.94. The molecule has 1 aliphatic heterocycles. The smallest absolute Gasteiger partial charge is 0.242 e. The van der Waals surface area contributed by atoms with Gasteiger partial charge in [0.15, 0.2) is 0 Å². The number of likely N-dealkylation sites (tertiary alicyclic amines) is 1. The molecule has 1 saturated carbocycles. The number of imidazole rings is 1. The van der Waals surface area contributed by atoms with E-state index in [9.17, 15) is 9.90 Å². The Labute approximate surface area is 150 Å². The normalized spacial score (nSPS) is 36.0. The Morgan fingerprint density at radius 2 is 2.16 bits per heavy atom. The largest absolute Gasteiger partial charge is 0.390 e. The van der Waals surface area contributed by atoms with Crippen molar-refractivity contribution >= 4 is 5.91 Å². The van der Waals surface area contributed by atoms with Crippen molar-refractivity contribution in [1.82, 2.24) is 19.4 Å². The van der Waals surface area contributed by atoms with Gasteiger partial charge in [-0.1, -0.05) is 19.8 Å². The number of amides is 1. The van der Waals surface area contributed by atoms with Gasteiger partial charge in [-0.25, -0.2) is 4.98 Å². The van der Waals surface area contributed by atoms with Crippen molar-refractivity contribution in [2.75, 3.05) is 20.6 Å². The van der Waals surface area contributed by atoms with E-state index in [0.29, 0.717) is 19.1 Å². The Morgan fingerprint density at radius 1 is 1.40 bits per heavy atom. The minimum Gasteiger partial charge on any atom is -0.390 e. The molecular formula is C19H32N4O2. The van der Waals surface area contributed by atoms with Gasteiger partial charge in [0.1, 0.15) is 6.54 Å². The molecule has 1 aliphatic carbocycles. The molecule has 1 aromatic rings. The summed E-state index contributed by atoms with van der Waals surface area (Å²) in [6.45, 7) is 5.28. The minimum absolute atomic E-state index is 0.0930. The van der Waals surface area contributed by atoms with E-state index in [4.69, 9.17) is 0 Å². The maximum Gasteiger partial charge on any atom is 0.242 e. The Kier molecular flexibility index (Phi) is 4.95. The molecule has 2 heterocycles. The lowest BCUT2D eigenvalue weighted by molar-refractivity contribution is -0.131. The Hall–Kier alpha value is -1.40. The number of rotatable bonds is 4. The number of carbonyl (C=O) groups excluding carboxylic acids is 1. The van der Waals surface area contributed by atoms with E-state index in [1.807, 2.05) is 25.1 Å². The van der Waals surface area contributed by atoms with Crippen molar-refractivity contribution in [2.24, 2.45) is 5.41 Å². The van der Waals surface area contributed by atoms with Crippen LogP contribution in [0, 0.1) is 5.41 Å². The molecule has 25 heavy (non-hydrogen) atoms. The highest BCUT2D eigenvalue weighted by Gasteiger charge is 2.57. The molecule has 0 aromatic carbocycles. The quantitative estimate of drug-likeness (QED) is 0.900. The third kappa shape index (κ3) is 3.34. The van der Waals surface area contributed by atoms with Crippen molar-refractivity contribution in [3.05, 3.63) is 18.7 Å². The van der Waals surface area contributed by atoms with Crippen molar-refractivity contribution in [1.29, 1.82) is 0 Å². The lowest BCUT2D eigenvalue weighted by atomic mass is 9.67. The highest BCUT2D eigenvalue weighted by Crippen LogP contribution is 2.52. The zero-order chi connectivity index (χ0) is 18.2. The summed E-state index contributed by atoms with van der Waals surface area (Å²) in [6.07, 6.45) is 10.4. The van der Waals surface area contributed by atoms with Crippen molar-refractivity contribution < 1.29 is 9.90 Å². The van der Waals surface area contributed by atoms with Gasteiger partial charge < -0.3 is 14.6 Å². The van der Waals surface area contributed by atoms with Gasteiger partial charge in [-0.15, -0.1) is 0 Å². The van der Waals surface area contributed by atoms with Crippen molar-refractivity contribution in [2.45, 2.75) is 70.2 Å². The van der Waals surface area contributed by atoms with Crippen LogP contribution in [0.25, 0.3) is 0 Å². The Bertz CT molecular complexity index is 601. The Morgan fingerprint density at radius 3 is 2.84 bits per heavy atom. The minimum atomic E-state index is -0.642. The predicted molar refractivity (Wildman–Crippen MR) is 97.0 cm³/mol. The molecule has 1 N–H and O–H groups in total. The standard InChI is InChI=1S/C19H32N4O2/c1-18-11-15(12-21(3)17(24)13-23-10-9-20-14-23)22(4)16(18)7-5-6-8-19(18,2)25/h9-10,14-16,25H,5-8,11-13H2,1-4H3/t15-,16-,18-,19+/m1/s1. The van der Waals surface area contributed by atoms with E-state index < -0.39 is 5.60 Å². The first-order valence-electron chi connectivity index (χ1n) is 9.38. The molecule has 0 unspecified atom stereocenters. The van der Waals surface area contributed by atoms with Gasteiger partial charge in [-0.3, -0.25) is 9.69 Å². The number of aromatic nitrogens is 2. The summed E-state index contributed by atoms with van der Waals surface area (Å²) in [5, 5.41) is 11.1. The lowest BCUT2D eigenvalue weighted by Gasteiger charge is -2.43. The zero-order valence-corrected chi connectivity index (χ0v) is 16.0. The number of fused-ring (bicyclic) bond motifs is 1. The zero-order valence-electron chi connectivity index (χ0n) is 16.0. The fraction of sp³-hybridized carbons (Fsp3) is 0.789. The number of hydrogen-bond acceptors (Lipinski definition) is 4. The second kappa shape index (κ2) is 6.72. The van der Waals surface area contributed by atoms with Crippen LogP contribution in [0.4, 0.5) is 0 Å². The molecule has 6 heteroatoms. The summed E-state index contributed by atoms with van der Waals surface area (Å²) in [4.78, 5) is 20.7. The van der Waals surface area contributed by atoms with Crippen LogP contribution < -0.4 is 0 Å². The van der Waals surface area contributed by atoms with E-state index >= 15 is 0 Å². The van der Waals surface area contributed by atoms with E-state index in [0.717, 1.165) is 25.7 Å². The number of hydrogen-bond donors (Lipinski definition) is 1. The van der Waals surface area contributed by atoms with Crippen LogP contribution in [-0.2, 0) is 11.3 Å². The van der Waals surface area contributed by atoms with E-state index in [2.05, 4.69) is 23.9 Å². The fourth-order valence-corrected chi connectivity index (χ4v) is 4.94. The molecule has 0 bridgehead atoms. The van der Waals surface area contributed by atoms with Crippen LogP contribution in [0.15, 0.2) is 18.7 Å². The third-order valence-corrected chi connectivity index (χ3v) is 6.87. The molecule has 140 valence electrons. The van der Waals surface area contributed by atoms with Gasteiger partial charge in [0.25, 0.3) is 0 Å². The van der Waals surface area contributed by atoms with Gasteiger partial charge >= 0.3 is 0 Å². The average molecular weight is 348 g/mol. The third-order valence-electron chi connectivity index (χ3n) is 6.87.